The fraction of sp³-hybridized carbons (Fsp3) is 0.316. The average Bonchev–Trinajstić information content (AvgIpc) is 2.58. The molecule has 2 aromatic carbocycles. The Morgan fingerprint density at radius 1 is 1.17 bits per heavy atom. The van der Waals surface area contributed by atoms with E-state index in [1.165, 1.54) is 6.07 Å². The molecule has 122 valence electrons. The van der Waals surface area contributed by atoms with E-state index in [1.54, 1.807) is 19.1 Å². The first-order valence-corrected chi connectivity index (χ1v) is 8.83. The van der Waals surface area contributed by atoms with Crippen LogP contribution in [-0.2, 0) is 9.53 Å². The third-order valence-corrected chi connectivity index (χ3v) is 4.26. The van der Waals surface area contributed by atoms with Crippen LogP contribution in [-0.4, -0.2) is 17.9 Å². The van der Waals surface area contributed by atoms with Crippen molar-refractivity contribution < 1.29 is 13.9 Å². The van der Waals surface area contributed by atoms with Crippen LogP contribution in [0.5, 0.6) is 0 Å². The molecule has 0 aromatic heterocycles. The predicted molar refractivity (Wildman–Crippen MR) is 94.2 cm³/mol. The lowest BCUT2D eigenvalue weighted by atomic mass is 9.97. The first-order chi connectivity index (χ1) is 11.1. The maximum absolute atomic E-state index is 14.4. The molecule has 0 aliphatic heterocycles. The van der Waals surface area contributed by atoms with E-state index >= 15 is 0 Å². The molecule has 0 saturated carbocycles. The number of halogens is 2. The summed E-state index contributed by atoms with van der Waals surface area (Å²) in [6.45, 7) is 2.14. The molecule has 0 aliphatic rings. The molecule has 0 radical (unpaired) electrons. The van der Waals surface area contributed by atoms with Gasteiger partial charge in [0.25, 0.3) is 0 Å². The predicted octanol–water partition coefficient (Wildman–Crippen LogP) is 5.31. The van der Waals surface area contributed by atoms with Crippen molar-refractivity contribution in [3.8, 4) is 11.1 Å². The molecular formula is C19H20BrFO2. The van der Waals surface area contributed by atoms with Gasteiger partial charge in [-0.2, -0.15) is 0 Å². The molecule has 0 spiro atoms. The molecule has 0 aliphatic carbocycles. The zero-order chi connectivity index (χ0) is 16.7. The lowest BCUT2D eigenvalue weighted by Gasteiger charge is -2.13. The van der Waals surface area contributed by atoms with E-state index in [-0.39, 0.29) is 11.8 Å². The van der Waals surface area contributed by atoms with Gasteiger partial charge in [0.05, 0.1) is 12.5 Å². The monoisotopic (exact) mass is 378 g/mol. The van der Waals surface area contributed by atoms with Gasteiger partial charge in [-0.05, 0) is 37.0 Å². The van der Waals surface area contributed by atoms with E-state index in [9.17, 15) is 9.18 Å². The molecule has 1 unspecified atom stereocenters. The maximum Gasteiger partial charge on any atom is 0.313 e. The number of carbonyl (C=O) groups excluding carboxylic acids is 1. The number of hydrogen-bond donors (Lipinski definition) is 0. The summed E-state index contributed by atoms with van der Waals surface area (Å²) in [7, 11) is 0. The van der Waals surface area contributed by atoms with Crippen molar-refractivity contribution in [3.05, 3.63) is 59.9 Å². The van der Waals surface area contributed by atoms with Crippen LogP contribution in [0.15, 0.2) is 48.5 Å². The second kappa shape index (κ2) is 8.82. The van der Waals surface area contributed by atoms with E-state index in [2.05, 4.69) is 15.9 Å². The zero-order valence-electron chi connectivity index (χ0n) is 13.1. The molecule has 2 nitrogen and oxygen atoms in total. The molecule has 1 atom stereocenters. The van der Waals surface area contributed by atoms with E-state index in [4.69, 9.17) is 4.74 Å². The highest BCUT2D eigenvalue weighted by Crippen LogP contribution is 2.26. The minimum absolute atomic E-state index is 0.313. The van der Waals surface area contributed by atoms with Crippen LogP contribution in [0.4, 0.5) is 4.39 Å². The summed E-state index contributed by atoms with van der Waals surface area (Å²) in [5, 5.41) is 0.895. The van der Waals surface area contributed by atoms with Gasteiger partial charge >= 0.3 is 5.97 Å². The lowest BCUT2D eigenvalue weighted by Crippen LogP contribution is -2.14. The minimum atomic E-state index is -0.474. The number of ether oxygens (including phenoxy) is 1. The van der Waals surface area contributed by atoms with Gasteiger partial charge < -0.3 is 4.74 Å². The number of rotatable bonds is 7. The van der Waals surface area contributed by atoms with Gasteiger partial charge in [0.1, 0.15) is 5.82 Å². The van der Waals surface area contributed by atoms with Crippen molar-refractivity contribution in [2.75, 3.05) is 11.9 Å². The van der Waals surface area contributed by atoms with Crippen LogP contribution in [0.1, 0.15) is 31.2 Å². The average molecular weight is 379 g/mol. The summed E-state index contributed by atoms with van der Waals surface area (Å²) in [6, 6.07) is 14.3. The Morgan fingerprint density at radius 3 is 2.57 bits per heavy atom. The maximum atomic E-state index is 14.4. The van der Waals surface area contributed by atoms with Crippen molar-refractivity contribution in [2.24, 2.45) is 0 Å². The van der Waals surface area contributed by atoms with Crippen LogP contribution in [0.2, 0.25) is 0 Å². The van der Waals surface area contributed by atoms with Crippen molar-refractivity contribution >= 4 is 21.9 Å². The molecule has 0 N–H and O–H groups in total. The van der Waals surface area contributed by atoms with Crippen LogP contribution >= 0.6 is 15.9 Å². The third kappa shape index (κ3) is 4.90. The fourth-order valence-corrected chi connectivity index (χ4v) is 2.68. The molecule has 4 heteroatoms. The Labute approximate surface area is 144 Å². The van der Waals surface area contributed by atoms with Crippen molar-refractivity contribution in [1.82, 2.24) is 0 Å². The molecule has 0 saturated heterocycles. The van der Waals surface area contributed by atoms with E-state index in [0.29, 0.717) is 17.7 Å². The lowest BCUT2D eigenvalue weighted by molar-refractivity contribution is -0.145. The smallest absolute Gasteiger partial charge is 0.313 e. The summed E-state index contributed by atoms with van der Waals surface area (Å²) in [5.74, 6) is -1.11. The van der Waals surface area contributed by atoms with Crippen LogP contribution in [0.3, 0.4) is 0 Å². The van der Waals surface area contributed by atoms with Gasteiger partial charge in [-0.25, -0.2) is 4.39 Å². The molecule has 23 heavy (non-hydrogen) atoms. The zero-order valence-corrected chi connectivity index (χ0v) is 14.7. The Morgan fingerprint density at radius 2 is 1.91 bits per heavy atom. The Kier molecular flexibility index (Phi) is 6.78. The van der Waals surface area contributed by atoms with E-state index < -0.39 is 5.92 Å². The molecule has 0 fully saturated rings. The van der Waals surface area contributed by atoms with Crippen molar-refractivity contribution in [1.29, 1.82) is 0 Å². The fourth-order valence-electron chi connectivity index (χ4n) is 2.28. The number of alkyl halides is 1. The van der Waals surface area contributed by atoms with Crippen LogP contribution < -0.4 is 0 Å². The second-order valence-corrected chi connectivity index (χ2v) is 6.18. The van der Waals surface area contributed by atoms with Gasteiger partial charge in [0, 0.05) is 10.9 Å². The highest BCUT2D eigenvalue weighted by molar-refractivity contribution is 9.09. The van der Waals surface area contributed by atoms with Crippen molar-refractivity contribution in [2.45, 2.75) is 25.7 Å². The van der Waals surface area contributed by atoms with Crippen molar-refractivity contribution in [3.63, 3.8) is 0 Å². The number of unbranched alkanes of at least 4 members (excludes halogenated alkanes) is 1. The van der Waals surface area contributed by atoms with E-state index in [0.717, 1.165) is 23.7 Å². The Bertz CT molecular complexity index is 643. The topological polar surface area (TPSA) is 26.3 Å². The molecule has 0 heterocycles. The number of benzene rings is 2. The summed E-state index contributed by atoms with van der Waals surface area (Å²) >= 11 is 3.33. The number of hydrogen-bond acceptors (Lipinski definition) is 2. The SMILES string of the molecule is CC(C(=O)OCCCCBr)c1ccc(-c2ccccc2)c(F)c1. The van der Waals surface area contributed by atoms with Gasteiger partial charge in [-0.1, -0.05) is 58.4 Å². The molecule has 2 rings (SSSR count). The first kappa shape index (κ1) is 17.7. The number of carbonyl (C=O) groups is 1. The van der Waals surface area contributed by atoms with Gasteiger partial charge in [0.15, 0.2) is 0 Å². The Balaban J connectivity index is 2.06. The largest absolute Gasteiger partial charge is 0.465 e. The van der Waals surface area contributed by atoms with Gasteiger partial charge in [-0.15, -0.1) is 0 Å². The summed E-state index contributed by atoms with van der Waals surface area (Å²) in [5.41, 5.74) is 1.99. The standard InChI is InChI=1S/C19H20BrFO2/c1-14(19(22)23-12-6-5-11-20)16-9-10-17(18(21)13-16)15-7-3-2-4-8-15/h2-4,7-10,13-14H,5-6,11-12H2,1H3. The number of esters is 1. The molecular weight excluding hydrogens is 359 g/mol. The highest BCUT2D eigenvalue weighted by Gasteiger charge is 2.18. The van der Waals surface area contributed by atoms with E-state index in [1.807, 2.05) is 30.3 Å². The second-order valence-electron chi connectivity index (χ2n) is 5.39. The quantitative estimate of drug-likeness (QED) is 0.370. The molecule has 0 bridgehead atoms. The third-order valence-electron chi connectivity index (χ3n) is 3.70. The van der Waals surface area contributed by atoms with Gasteiger partial charge in [0.2, 0.25) is 0 Å². The minimum Gasteiger partial charge on any atom is -0.465 e. The first-order valence-electron chi connectivity index (χ1n) is 7.71. The summed E-state index contributed by atoms with van der Waals surface area (Å²) < 4.78 is 19.6. The summed E-state index contributed by atoms with van der Waals surface area (Å²) in [6.07, 6.45) is 1.78. The molecule has 0 amide bonds. The molecule has 2 aromatic rings. The highest BCUT2D eigenvalue weighted by atomic mass is 79.9. The summed E-state index contributed by atoms with van der Waals surface area (Å²) in [4.78, 5) is 12.0. The Hall–Kier alpha value is -1.68. The van der Waals surface area contributed by atoms with Crippen LogP contribution in [0.25, 0.3) is 11.1 Å². The van der Waals surface area contributed by atoms with Gasteiger partial charge in [-0.3, -0.25) is 4.79 Å². The normalized spacial score (nSPS) is 12.0. The van der Waals surface area contributed by atoms with Crippen LogP contribution in [0, 0.1) is 5.82 Å².